The quantitative estimate of drug-likeness (QED) is 0.397. The molecule has 3 heterocycles. The van der Waals surface area contributed by atoms with Crippen LogP contribution in [0.5, 0.6) is 0 Å². The number of rotatable bonds is 7. The van der Waals surface area contributed by atoms with Gasteiger partial charge in [-0.1, -0.05) is 30.3 Å². The minimum Gasteiger partial charge on any atom is -0.421 e. The van der Waals surface area contributed by atoms with E-state index in [1.807, 2.05) is 42.5 Å². The standard InChI is InChI=1S/C23H19N7O3/c31-19(11-6-12-20-28-29-23(33-20)15-7-2-1-3-8-15)27-17-9-4-5-10-18(17)30-21-16(13-26-30)22(32)25-14-24-21/h1-5,7-10,13-14H,6,11-12H2,(H,27,31)(H,24,25,32). The average Bonchev–Trinajstić information content (AvgIpc) is 3.48. The van der Waals surface area contributed by atoms with Crippen molar-refractivity contribution in [2.75, 3.05) is 5.32 Å². The summed E-state index contributed by atoms with van der Waals surface area (Å²) in [7, 11) is 0. The number of hydrogen-bond acceptors (Lipinski definition) is 7. The molecule has 0 saturated heterocycles. The predicted molar refractivity (Wildman–Crippen MR) is 121 cm³/mol. The molecule has 0 unspecified atom stereocenters. The van der Waals surface area contributed by atoms with E-state index >= 15 is 0 Å². The molecule has 5 aromatic rings. The number of carbonyl (C=O) groups excluding carboxylic acids is 1. The average molecular weight is 441 g/mol. The molecule has 0 spiro atoms. The van der Waals surface area contributed by atoms with Crippen molar-refractivity contribution in [3.05, 3.63) is 83.4 Å². The van der Waals surface area contributed by atoms with E-state index in [1.54, 1.807) is 12.1 Å². The third kappa shape index (κ3) is 4.26. The van der Waals surface area contributed by atoms with E-state index in [0.29, 0.717) is 47.0 Å². The van der Waals surface area contributed by atoms with E-state index in [4.69, 9.17) is 4.42 Å². The summed E-state index contributed by atoms with van der Waals surface area (Å²) < 4.78 is 7.22. The zero-order valence-electron chi connectivity index (χ0n) is 17.4. The van der Waals surface area contributed by atoms with Crippen LogP contribution in [0.1, 0.15) is 18.7 Å². The Labute approximate surface area is 187 Å². The molecule has 0 atom stereocenters. The van der Waals surface area contributed by atoms with Crippen LogP contribution in [0.15, 0.2) is 76.3 Å². The van der Waals surface area contributed by atoms with Crippen molar-refractivity contribution in [2.24, 2.45) is 0 Å². The van der Waals surface area contributed by atoms with Gasteiger partial charge < -0.3 is 14.7 Å². The van der Waals surface area contributed by atoms with Crippen LogP contribution in [-0.2, 0) is 11.2 Å². The van der Waals surface area contributed by atoms with Crippen molar-refractivity contribution in [3.63, 3.8) is 0 Å². The second-order valence-electron chi connectivity index (χ2n) is 7.31. The number of aromatic nitrogens is 6. The predicted octanol–water partition coefficient (Wildman–Crippen LogP) is 3.12. The van der Waals surface area contributed by atoms with Crippen LogP contribution >= 0.6 is 0 Å². The highest BCUT2D eigenvalue weighted by molar-refractivity contribution is 5.93. The molecule has 0 aliphatic heterocycles. The van der Waals surface area contributed by atoms with E-state index < -0.39 is 0 Å². The van der Waals surface area contributed by atoms with Crippen LogP contribution in [0.25, 0.3) is 28.2 Å². The number of anilines is 1. The maximum absolute atomic E-state index is 12.6. The molecule has 164 valence electrons. The summed E-state index contributed by atoms with van der Waals surface area (Å²) in [5.74, 6) is 0.789. The molecule has 10 heteroatoms. The first kappa shape index (κ1) is 20.3. The van der Waals surface area contributed by atoms with Crippen molar-refractivity contribution in [1.82, 2.24) is 29.9 Å². The fourth-order valence-corrected chi connectivity index (χ4v) is 3.46. The number of carbonyl (C=O) groups is 1. The Morgan fingerprint density at radius 1 is 1.06 bits per heavy atom. The topological polar surface area (TPSA) is 132 Å². The zero-order chi connectivity index (χ0) is 22.6. The van der Waals surface area contributed by atoms with Crippen LogP contribution in [0.3, 0.4) is 0 Å². The van der Waals surface area contributed by atoms with Gasteiger partial charge in [0.1, 0.15) is 5.39 Å². The van der Waals surface area contributed by atoms with Gasteiger partial charge in [0.2, 0.25) is 17.7 Å². The number of aryl methyl sites for hydroxylation is 1. The van der Waals surface area contributed by atoms with Gasteiger partial charge in [-0.15, -0.1) is 10.2 Å². The molecule has 2 aromatic carbocycles. The molecule has 0 bridgehead atoms. The molecule has 1 amide bonds. The van der Waals surface area contributed by atoms with Crippen LogP contribution in [0, 0.1) is 0 Å². The van der Waals surface area contributed by atoms with Crippen molar-refractivity contribution < 1.29 is 9.21 Å². The van der Waals surface area contributed by atoms with Gasteiger partial charge in [0.25, 0.3) is 5.56 Å². The molecule has 0 aliphatic rings. The van der Waals surface area contributed by atoms with E-state index in [1.165, 1.54) is 17.2 Å². The highest BCUT2D eigenvalue weighted by atomic mass is 16.4. The summed E-state index contributed by atoms with van der Waals surface area (Å²) in [6, 6.07) is 16.7. The number of benzene rings is 2. The minimum absolute atomic E-state index is 0.160. The van der Waals surface area contributed by atoms with Crippen LogP contribution in [0.2, 0.25) is 0 Å². The second-order valence-corrected chi connectivity index (χ2v) is 7.31. The monoisotopic (exact) mass is 441 g/mol. The number of H-pyrrole nitrogens is 1. The van der Waals surface area contributed by atoms with Gasteiger partial charge in [-0.05, 0) is 30.7 Å². The minimum atomic E-state index is -0.274. The van der Waals surface area contributed by atoms with Gasteiger partial charge in [0, 0.05) is 18.4 Å². The maximum Gasteiger partial charge on any atom is 0.261 e. The second kappa shape index (κ2) is 8.87. The Morgan fingerprint density at radius 3 is 2.76 bits per heavy atom. The van der Waals surface area contributed by atoms with E-state index in [0.717, 1.165) is 5.56 Å². The Hall–Kier alpha value is -4.60. The number of amides is 1. The Balaban J connectivity index is 1.24. The molecule has 0 fully saturated rings. The van der Waals surface area contributed by atoms with Crippen molar-refractivity contribution in [3.8, 4) is 17.1 Å². The van der Waals surface area contributed by atoms with Gasteiger partial charge in [0.05, 0.1) is 23.9 Å². The van der Waals surface area contributed by atoms with Crippen molar-refractivity contribution >= 4 is 22.6 Å². The van der Waals surface area contributed by atoms with E-state index in [9.17, 15) is 9.59 Å². The number of nitrogens with zero attached hydrogens (tertiary/aromatic N) is 5. The lowest BCUT2D eigenvalue weighted by molar-refractivity contribution is -0.116. The summed E-state index contributed by atoms with van der Waals surface area (Å²) in [6.07, 6.45) is 4.09. The summed E-state index contributed by atoms with van der Waals surface area (Å²) in [4.78, 5) is 31.3. The van der Waals surface area contributed by atoms with Crippen LogP contribution in [-0.4, -0.2) is 35.9 Å². The molecule has 0 saturated carbocycles. The molecule has 0 aliphatic carbocycles. The molecule has 0 radical (unpaired) electrons. The fraction of sp³-hybridized carbons (Fsp3) is 0.130. The molecular formula is C23H19N7O3. The number of fused-ring (bicyclic) bond motifs is 1. The first-order chi connectivity index (χ1) is 16.2. The Morgan fingerprint density at radius 2 is 1.88 bits per heavy atom. The molecule has 3 aromatic heterocycles. The summed E-state index contributed by atoms with van der Waals surface area (Å²) >= 11 is 0. The normalized spacial score (nSPS) is 11.0. The summed E-state index contributed by atoms with van der Waals surface area (Å²) in [5, 5.41) is 15.7. The lowest BCUT2D eigenvalue weighted by Crippen LogP contribution is -2.14. The largest absolute Gasteiger partial charge is 0.421 e. The number of nitrogens with one attached hydrogen (secondary N) is 2. The van der Waals surface area contributed by atoms with Crippen LogP contribution < -0.4 is 10.9 Å². The highest BCUT2D eigenvalue weighted by Gasteiger charge is 2.14. The van der Waals surface area contributed by atoms with Gasteiger partial charge in [-0.2, -0.15) is 5.10 Å². The van der Waals surface area contributed by atoms with Gasteiger partial charge in [-0.3, -0.25) is 9.59 Å². The first-order valence-corrected chi connectivity index (χ1v) is 10.4. The van der Waals surface area contributed by atoms with Crippen LogP contribution in [0.4, 0.5) is 5.69 Å². The molecule has 33 heavy (non-hydrogen) atoms. The lowest BCUT2D eigenvalue weighted by Gasteiger charge is -2.11. The molecule has 10 nitrogen and oxygen atoms in total. The van der Waals surface area contributed by atoms with Crippen molar-refractivity contribution in [1.29, 1.82) is 0 Å². The zero-order valence-corrected chi connectivity index (χ0v) is 17.4. The Kier molecular flexibility index (Phi) is 5.46. The van der Waals surface area contributed by atoms with Gasteiger partial charge in [0.15, 0.2) is 5.65 Å². The van der Waals surface area contributed by atoms with Gasteiger partial charge >= 0.3 is 0 Å². The number of hydrogen-bond donors (Lipinski definition) is 2. The third-order valence-electron chi connectivity index (χ3n) is 5.06. The molecular weight excluding hydrogens is 422 g/mol. The Bertz CT molecular complexity index is 1470. The smallest absolute Gasteiger partial charge is 0.261 e. The molecule has 2 N–H and O–H groups in total. The highest BCUT2D eigenvalue weighted by Crippen LogP contribution is 2.23. The maximum atomic E-state index is 12.6. The van der Waals surface area contributed by atoms with E-state index in [2.05, 4.69) is 30.6 Å². The molecule has 5 rings (SSSR count). The van der Waals surface area contributed by atoms with Gasteiger partial charge in [-0.25, -0.2) is 9.67 Å². The summed E-state index contributed by atoms with van der Waals surface area (Å²) in [6.45, 7) is 0. The van der Waals surface area contributed by atoms with E-state index in [-0.39, 0.29) is 17.9 Å². The SMILES string of the molecule is O=C(CCCc1nnc(-c2ccccc2)o1)Nc1ccccc1-n1ncc2c(=O)[nH]cnc21. The fourth-order valence-electron chi connectivity index (χ4n) is 3.46. The third-order valence-corrected chi connectivity index (χ3v) is 5.06. The first-order valence-electron chi connectivity index (χ1n) is 10.4. The summed E-state index contributed by atoms with van der Waals surface area (Å²) in [5.41, 5.74) is 2.17. The number of aromatic amines is 1. The number of para-hydroxylation sites is 2. The van der Waals surface area contributed by atoms with Crippen molar-refractivity contribution in [2.45, 2.75) is 19.3 Å². The lowest BCUT2D eigenvalue weighted by atomic mass is 10.2.